The molecule has 0 N–H and O–H groups in total. The zero-order valence-corrected chi connectivity index (χ0v) is 19.3. The van der Waals surface area contributed by atoms with Crippen molar-refractivity contribution < 1.29 is 9.53 Å². The standard InChI is InChI=1S/C25H34N4O2/c1-6-15-29-23(27-22-8-7-14-26-24(22)29)17-28(16-13-18(2)3)25(30)20-9-11-21(12-10-20)31-19(4)5/h7-12,14,18-19H,6,13,15-17H2,1-5H3. The first-order chi connectivity index (χ1) is 14.9. The minimum absolute atomic E-state index is 0.0137. The third-order valence-electron chi connectivity index (χ3n) is 5.10. The van der Waals surface area contributed by atoms with Crippen molar-refractivity contribution in [3.8, 4) is 5.75 Å². The first-order valence-electron chi connectivity index (χ1n) is 11.2. The summed E-state index contributed by atoms with van der Waals surface area (Å²) in [6.07, 6.45) is 3.81. The Labute approximate surface area is 185 Å². The van der Waals surface area contributed by atoms with Gasteiger partial charge in [-0.1, -0.05) is 20.8 Å². The monoisotopic (exact) mass is 422 g/mol. The molecule has 166 valence electrons. The van der Waals surface area contributed by atoms with E-state index < -0.39 is 0 Å². The molecule has 31 heavy (non-hydrogen) atoms. The first-order valence-corrected chi connectivity index (χ1v) is 11.2. The van der Waals surface area contributed by atoms with E-state index in [1.807, 2.05) is 55.1 Å². The van der Waals surface area contributed by atoms with Crippen LogP contribution in [-0.4, -0.2) is 38.0 Å². The Kier molecular flexibility index (Phi) is 7.66. The number of amides is 1. The summed E-state index contributed by atoms with van der Waals surface area (Å²) in [5, 5.41) is 0. The van der Waals surface area contributed by atoms with E-state index in [1.54, 1.807) is 6.20 Å². The molecule has 1 aromatic carbocycles. The molecule has 3 aromatic rings. The molecule has 0 saturated heterocycles. The van der Waals surface area contributed by atoms with Crippen molar-refractivity contribution in [1.82, 2.24) is 19.4 Å². The van der Waals surface area contributed by atoms with E-state index in [-0.39, 0.29) is 12.0 Å². The fourth-order valence-corrected chi connectivity index (χ4v) is 3.55. The molecule has 0 bridgehead atoms. The molecule has 0 radical (unpaired) electrons. The fourth-order valence-electron chi connectivity index (χ4n) is 3.55. The topological polar surface area (TPSA) is 60.2 Å². The Bertz CT molecular complexity index is 992. The van der Waals surface area contributed by atoms with Crippen molar-refractivity contribution in [3.63, 3.8) is 0 Å². The van der Waals surface area contributed by atoms with E-state index in [1.165, 1.54) is 0 Å². The Morgan fingerprint density at radius 3 is 2.52 bits per heavy atom. The van der Waals surface area contributed by atoms with Crippen LogP contribution in [0.25, 0.3) is 11.2 Å². The number of carbonyl (C=O) groups is 1. The van der Waals surface area contributed by atoms with Crippen LogP contribution in [0.3, 0.4) is 0 Å². The number of hydrogen-bond acceptors (Lipinski definition) is 4. The van der Waals surface area contributed by atoms with E-state index in [2.05, 4.69) is 30.3 Å². The molecule has 1 amide bonds. The summed E-state index contributed by atoms with van der Waals surface area (Å²) in [5.74, 6) is 2.18. The van der Waals surface area contributed by atoms with Crippen LogP contribution in [0.4, 0.5) is 0 Å². The average molecular weight is 423 g/mol. The molecule has 2 aromatic heterocycles. The largest absolute Gasteiger partial charge is 0.491 e. The SMILES string of the molecule is CCCn1c(CN(CCC(C)C)C(=O)c2ccc(OC(C)C)cc2)nc2cccnc21. The second-order valence-electron chi connectivity index (χ2n) is 8.63. The van der Waals surface area contributed by atoms with E-state index in [0.717, 1.165) is 42.1 Å². The van der Waals surface area contributed by atoms with Crippen LogP contribution in [0, 0.1) is 5.92 Å². The summed E-state index contributed by atoms with van der Waals surface area (Å²) in [7, 11) is 0. The minimum atomic E-state index is 0.0137. The highest BCUT2D eigenvalue weighted by atomic mass is 16.5. The van der Waals surface area contributed by atoms with Crippen LogP contribution >= 0.6 is 0 Å². The number of fused-ring (bicyclic) bond motifs is 1. The number of imidazole rings is 1. The van der Waals surface area contributed by atoms with Gasteiger partial charge < -0.3 is 14.2 Å². The Balaban J connectivity index is 1.88. The van der Waals surface area contributed by atoms with Crippen LogP contribution in [0.15, 0.2) is 42.6 Å². The highest BCUT2D eigenvalue weighted by Crippen LogP contribution is 2.20. The molecule has 0 unspecified atom stereocenters. The summed E-state index contributed by atoms with van der Waals surface area (Å²) >= 11 is 0. The van der Waals surface area contributed by atoms with Gasteiger partial charge in [0.25, 0.3) is 5.91 Å². The number of rotatable bonds is 10. The number of ether oxygens (including phenoxy) is 1. The second-order valence-corrected chi connectivity index (χ2v) is 8.63. The van der Waals surface area contributed by atoms with Gasteiger partial charge in [0, 0.05) is 24.8 Å². The van der Waals surface area contributed by atoms with E-state index in [0.29, 0.717) is 24.6 Å². The lowest BCUT2D eigenvalue weighted by atomic mass is 10.1. The maximum Gasteiger partial charge on any atom is 0.254 e. The number of carbonyl (C=O) groups excluding carboxylic acids is 1. The molecule has 2 heterocycles. The Morgan fingerprint density at radius 2 is 1.87 bits per heavy atom. The zero-order valence-electron chi connectivity index (χ0n) is 19.3. The van der Waals surface area contributed by atoms with Crippen LogP contribution in [0.1, 0.15) is 63.6 Å². The maximum atomic E-state index is 13.4. The third-order valence-corrected chi connectivity index (χ3v) is 5.10. The average Bonchev–Trinajstić information content (AvgIpc) is 3.08. The number of benzene rings is 1. The van der Waals surface area contributed by atoms with Crippen LogP contribution < -0.4 is 4.74 Å². The molecule has 0 atom stereocenters. The van der Waals surface area contributed by atoms with Gasteiger partial charge in [-0.2, -0.15) is 0 Å². The lowest BCUT2D eigenvalue weighted by Crippen LogP contribution is -2.33. The third kappa shape index (κ3) is 5.84. The van der Waals surface area contributed by atoms with Crippen LogP contribution in [0.5, 0.6) is 5.75 Å². The number of hydrogen-bond donors (Lipinski definition) is 0. The summed E-state index contributed by atoms with van der Waals surface area (Å²) in [6, 6.07) is 11.3. The van der Waals surface area contributed by atoms with Crippen molar-refractivity contribution in [1.29, 1.82) is 0 Å². The Hall–Kier alpha value is -2.89. The molecule has 0 fully saturated rings. The molecule has 6 nitrogen and oxygen atoms in total. The summed E-state index contributed by atoms with van der Waals surface area (Å²) < 4.78 is 7.86. The van der Waals surface area contributed by atoms with Gasteiger partial charge in [0.15, 0.2) is 5.65 Å². The number of pyridine rings is 1. The highest BCUT2D eigenvalue weighted by Gasteiger charge is 2.21. The van der Waals surface area contributed by atoms with Gasteiger partial charge in [0.05, 0.1) is 12.6 Å². The van der Waals surface area contributed by atoms with Gasteiger partial charge in [-0.05, 0) is 69.0 Å². The first kappa shape index (κ1) is 22.8. The highest BCUT2D eigenvalue weighted by molar-refractivity contribution is 5.94. The molecule has 0 spiro atoms. The molecule has 0 aliphatic rings. The van der Waals surface area contributed by atoms with Crippen molar-refractivity contribution in [2.45, 2.75) is 66.7 Å². The molecular formula is C25H34N4O2. The van der Waals surface area contributed by atoms with Crippen molar-refractivity contribution in [3.05, 3.63) is 54.0 Å². The minimum Gasteiger partial charge on any atom is -0.491 e. The predicted octanol–water partition coefficient (Wildman–Crippen LogP) is 5.32. The van der Waals surface area contributed by atoms with E-state index in [9.17, 15) is 4.79 Å². The summed E-state index contributed by atoms with van der Waals surface area (Å²) in [6.45, 7) is 12.5. The Morgan fingerprint density at radius 1 is 1.13 bits per heavy atom. The maximum absolute atomic E-state index is 13.4. The van der Waals surface area contributed by atoms with Crippen molar-refractivity contribution >= 4 is 17.1 Å². The lowest BCUT2D eigenvalue weighted by Gasteiger charge is -2.24. The van der Waals surface area contributed by atoms with Gasteiger partial charge in [-0.15, -0.1) is 0 Å². The number of aryl methyl sites for hydroxylation is 1. The normalized spacial score (nSPS) is 11.5. The molecule has 3 rings (SSSR count). The summed E-state index contributed by atoms with van der Waals surface area (Å²) in [5.41, 5.74) is 2.42. The lowest BCUT2D eigenvalue weighted by molar-refractivity contribution is 0.0729. The number of aromatic nitrogens is 3. The van der Waals surface area contributed by atoms with E-state index in [4.69, 9.17) is 9.72 Å². The molecule has 6 heteroatoms. The molecular weight excluding hydrogens is 388 g/mol. The van der Waals surface area contributed by atoms with Crippen LogP contribution in [-0.2, 0) is 13.1 Å². The van der Waals surface area contributed by atoms with Crippen molar-refractivity contribution in [2.75, 3.05) is 6.54 Å². The second kappa shape index (κ2) is 10.4. The molecule has 0 saturated carbocycles. The van der Waals surface area contributed by atoms with Gasteiger partial charge in [0.2, 0.25) is 0 Å². The fraction of sp³-hybridized carbons (Fsp3) is 0.480. The molecule has 0 aliphatic carbocycles. The zero-order chi connectivity index (χ0) is 22.4. The number of nitrogens with zero attached hydrogens (tertiary/aromatic N) is 4. The van der Waals surface area contributed by atoms with Gasteiger partial charge >= 0.3 is 0 Å². The summed E-state index contributed by atoms with van der Waals surface area (Å²) in [4.78, 5) is 24.6. The van der Waals surface area contributed by atoms with Gasteiger partial charge in [-0.3, -0.25) is 4.79 Å². The van der Waals surface area contributed by atoms with Gasteiger partial charge in [-0.25, -0.2) is 9.97 Å². The predicted molar refractivity (Wildman–Crippen MR) is 124 cm³/mol. The quantitative estimate of drug-likeness (QED) is 0.444. The smallest absolute Gasteiger partial charge is 0.254 e. The van der Waals surface area contributed by atoms with Crippen molar-refractivity contribution in [2.24, 2.45) is 5.92 Å². The van der Waals surface area contributed by atoms with Crippen LogP contribution in [0.2, 0.25) is 0 Å². The molecule has 0 aliphatic heterocycles. The van der Waals surface area contributed by atoms with E-state index >= 15 is 0 Å². The van der Waals surface area contributed by atoms with Gasteiger partial charge in [0.1, 0.15) is 17.1 Å².